The van der Waals surface area contributed by atoms with Gasteiger partial charge in [-0.05, 0) is 57.2 Å². The van der Waals surface area contributed by atoms with Crippen molar-refractivity contribution in [2.45, 2.75) is 27.3 Å². The number of fused-ring (bicyclic) bond motifs is 1. The molecule has 1 aromatic carbocycles. The van der Waals surface area contributed by atoms with Crippen LogP contribution in [0.15, 0.2) is 36.4 Å². The van der Waals surface area contributed by atoms with Crippen LogP contribution in [0.3, 0.4) is 0 Å². The third-order valence-electron chi connectivity index (χ3n) is 5.54. The summed E-state index contributed by atoms with van der Waals surface area (Å²) in [6.45, 7) is 6.48. The Bertz CT molecular complexity index is 1330. The van der Waals surface area contributed by atoms with Gasteiger partial charge in [0.15, 0.2) is 6.61 Å². The fourth-order valence-electron chi connectivity index (χ4n) is 3.80. The summed E-state index contributed by atoms with van der Waals surface area (Å²) >= 11 is 1.22. The van der Waals surface area contributed by atoms with Crippen molar-refractivity contribution >= 4 is 33.3 Å². The average molecular weight is 470 g/mol. The highest BCUT2D eigenvalue weighted by molar-refractivity contribution is 7.20. The molecular weight excluding hydrogens is 445 g/mol. The van der Waals surface area contributed by atoms with Crippen molar-refractivity contribution in [1.82, 2.24) is 14.3 Å². The van der Waals surface area contributed by atoms with E-state index in [2.05, 4.69) is 5.10 Å². The molecule has 0 bridgehead atoms. The molecule has 0 N–H and O–H groups in total. The van der Waals surface area contributed by atoms with Crippen LogP contribution in [0.4, 0.5) is 4.39 Å². The number of aryl methyl sites for hydroxylation is 2. The second-order valence-electron chi connectivity index (χ2n) is 7.73. The topological polar surface area (TPSA) is 75.3 Å². The van der Waals surface area contributed by atoms with Gasteiger partial charge in [0.05, 0.1) is 18.0 Å². The third-order valence-corrected chi connectivity index (χ3v) is 6.64. The number of methoxy groups -OCH3 is 1. The van der Waals surface area contributed by atoms with Gasteiger partial charge < -0.3 is 14.0 Å². The van der Waals surface area contributed by atoms with Gasteiger partial charge in [0.25, 0.3) is 0 Å². The van der Waals surface area contributed by atoms with E-state index in [-0.39, 0.29) is 18.2 Å². The van der Waals surface area contributed by atoms with Crippen molar-refractivity contribution in [3.05, 3.63) is 69.7 Å². The molecule has 0 unspecified atom stereocenters. The molecule has 33 heavy (non-hydrogen) atoms. The molecule has 0 atom stereocenters. The van der Waals surface area contributed by atoms with E-state index in [1.54, 1.807) is 36.1 Å². The molecule has 0 saturated carbocycles. The maximum Gasteiger partial charge on any atom is 0.348 e. The molecule has 0 fully saturated rings. The van der Waals surface area contributed by atoms with Crippen molar-refractivity contribution < 1.29 is 23.5 Å². The van der Waals surface area contributed by atoms with Crippen LogP contribution in [-0.2, 0) is 16.0 Å². The summed E-state index contributed by atoms with van der Waals surface area (Å²) in [7, 11) is 1.63. The Kier molecular flexibility index (Phi) is 6.44. The minimum Gasteiger partial charge on any atom is -0.453 e. The van der Waals surface area contributed by atoms with Crippen LogP contribution in [0.1, 0.15) is 37.1 Å². The molecule has 0 saturated heterocycles. The van der Waals surface area contributed by atoms with Gasteiger partial charge in [-0.2, -0.15) is 5.10 Å². The Labute approximate surface area is 194 Å². The predicted octanol–water partition coefficient (Wildman–Crippen LogP) is 4.64. The lowest BCUT2D eigenvalue weighted by Crippen LogP contribution is -2.15. The molecule has 3 aromatic heterocycles. The zero-order valence-electron chi connectivity index (χ0n) is 18.8. The number of carbonyl (C=O) groups is 2. The fourth-order valence-corrected chi connectivity index (χ4v) is 4.87. The zero-order chi connectivity index (χ0) is 23.7. The van der Waals surface area contributed by atoms with E-state index in [4.69, 9.17) is 9.47 Å². The van der Waals surface area contributed by atoms with Crippen LogP contribution in [0.25, 0.3) is 15.9 Å². The normalized spacial score (nSPS) is 11.3. The molecular formula is C24H24FN3O4S. The summed E-state index contributed by atoms with van der Waals surface area (Å²) in [4.78, 5) is 26.5. The Morgan fingerprint density at radius 3 is 2.55 bits per heavy atom. The second-order valence-corrected chi connectivity index (χ2v) is 8.76. The highest BCUT2D eigenvalue weighted by Gasteiger charge is 2.21. The molecule has 0 aliphatic heterocycles. The molecule has 0 radical (unpaired) electrons. The lowest BCUT2D eigenvalue weighted by molar-refractivity contribution is 0.0479. The number of ketones is 1. The number of hydrogen-bond acceptors (Lipinski definition) is 6. The first-order valence-corrected chi connectivity index (χ1v) is 11.2. The van der Waals surface area contributed by atoms with Crippen molar-refractivity contribution in [3.8, 4) is 5.69 Å². The predicted molar refractivity (Wildman–Crippen MR) is 124 cm³/mol. The van der Waals surface area contributed by atoms with Crippen molar-refractivity contribution in [3.63, 3.8) is 0 Å². The van der Waals surface area contributed by atoms with Crippen molar-refractivity contribution in [1.29, 1.82) is 0 Å². The number of Topliss-reactive ketones (excluding diaryl/α,β-unsaturated/α-hetero) is 1. The molecule has 0 aliphatic carbocycles. The van der Waals surface area contributed by atoms with Crippen LogP contribution >= 0.6 is 11.3 Å². The molecule has 4 aromatic rings. The Morgan fingerprint density at radius 1 is 1.12 bits per heavy atom. The number of nitrogens with zero attached hydrogens (tertiary/aromatic N) is 3. The van der Waals surface area contributed by atoms with E-state index in [1.807, 2.05) is 25.3 Å². The van der Waals surface area contributed by atoms with Gasteiger partial charge in [0.2, 0.25) is 5.78 Å². The molecule has 4 rings (SSSR count). The van der Waals surface area contributed by atoms with Gasteiger partial charge in [0.1, 0.15) is 15.5 Å². The number of benzene rings is 1. The van der Waals surface area contributed by atoms with E-state index < -0.39 is 5.97 Å². The molecule has 0 amide bonds. The standard InChI is InChI=1S/C24H24FN3O4S/c1-14-11-20(16(3)27(14)9-10-31-4)21(29)13-32-24(30)22-12-19-15(2)26-28(23(19)33-22)18-7-5-17(25)6-8-18/h5-8,11-12H,9-10,13H2,1-4H3. The van der Waals surface area contributed by atoms with Gasteiger partial charge in [0, 0.05) is 36.0 Å². The molecule has 0 aliphatic rings. The molecule has 3 heterocycles. The highest BCUT2D eigenvalue weighted by atomic mass is 32.1. The maximum absolute atomic E-state index is 13.3. The second kappa shape index (κ2) is 9.29. The minimum absolute atomic E-state index is 0.255. The molecule has 172 valence electrons. The lowest BCUT2D eigenvalue weighted by atomic mass is 10.1. The van der Waals surface area contributed by atoms with Crippen LogP contribution in [0.5, 0.6) is 0 Å². The van der Waals surface area contributed by atoms with Gasteiger partial charge in [-0.3, -0.25) is 4.79 Å². The molecule has 7 nitrogen and oxygen atoms in total. The average Bonchev–Trinajstić information content (AvgIpc) is 3.45. The van der Waals surface area contributed by atoms with Crippen LogP contribution in [0.2, 0.25) is 0 Å². The first-order valence-electron chi connectivity index (χ1n) is 10.4. The Morgan fingerprint density at radius 2 is 1.85 bits per heavy atom. The largest absolute Gasteiger partial charge is 0.453 e. The zero-order valence-corrected chi connectivity index (χ0v) is 19.7. The van der Waals surface area contributed by atoms with Crippen LogP contribution in [-0.4, -0.2) is 46.4 Å². The van der Waals surface area contributed by atoms with Crippen LogP contribution in [0, 0.1) is 26.6 Å². The lowest BCUT2D eigenvalue weighted by Gasteiger charge is -2.09. The summed E-state index contributed by atoms with van der Waals surface area (Å²) in [6.07, 6.45) is 0. The van der Waals surface area contributed by atoms with Gasteiger partial charge in [-0.15, -0.1) is 11.3 Å². The number of thiophene rings is 1. The number of carbonyl (C=O) groups excluding carboxylic acids is 2. The summed E-state index contributed by atoms with van der Waals surface area (Å²) < 4.78 is 27.4. The molecule has 9 heteroatoms. The third kappa shape index (κ3) is 4.46. The van der Waals surface area contributed by atoms with E-state index >= 15 is 0 Å². The monoisotopic (exact) mass is 469 g/mol. The van der Waals surface area contributed by atoms with Crippen molar-refractivity contribution in [2.24, 2.45) is 0 Å². The number of halogens is 1. The minimum atomic E-state index is -0.567. The summed E-state index contributed by atoms with van der Waals surface area (Å²) in [5.41, 5.74) is 3.74. The number of hydrogen-bond donors (Lipinski definition) is 0. The molecule has 0 spiro atoms. The highest BCUT2D eigenvalue weighted by Crippen LogP contribution is 2.31. The van der Waals surface area contributed by atoms with E-state index in [1.165, 1.54) is 23.5 Å². The van der Waals surface area contributed by atoms with Crippen molar-refractivity contribution in [2.75, 3.05) is 20.3 Å². The van der Waals surface area contributed by atoms with Gasteiger partial charge in [-0.1, -0.05) is 0 Å². The first kappa shape index (κ1) is 22.9. The first-order chi connectivity index (χ1) is 15.8. The SMILES string of the molecule is COCCn1c(C)cc(C(=O)COC(=O)c2cc3c(C)nn(-c4ccc(F)cc4)c3s2)c1C. The summed E-state index contributed by atoms with van der Waals surface area (Å²) in [5.74, 6) is -1.16. The van der Waals surface area contributed by atoms with E-state index in [0.29, 0.717) is 29.3 Å². The van der Waals surface area contributed by atoms with Gasteiger partial charge in [-0.25, -0.2) is 13.9 Å². The summed E-state index contributed by atoms with van der Waals surface area (Å²) in [6, 6.07) is 9.49. The number of rotatable bonds is 8. The number of esters is 1. The smallest absolute Gasteiger partial charge is 0.348 e. The number of aromatic nitrogens is 3. The summed E-state index contributed by atoms with van der Waals surface area (Å²) in [5, 5.41) is 5.30. The Hall–Kier alpha value is -3.30. The van der Waals surface area contributed by atoms with E-state index in [9.17, 15) is 14.0 Å². The van der Waals surface area contributed by atoms with Crippen LogP contribution < -0.4 is 0 Å². The van der Waals surface area contributed by atoms with Gasteiger partial charge >= 0.3 is 5.97 Å². The van der Waals surface area contributed by atoms with E-state index in [0.717, 1.165) is 27.3 Å². The fraction of sp³-hybridized carbons (Fsp3) is 0.292. The quantitative estimate of drug-likeness (QED) is 0.278. The maximum atomic E-state index is 13.3. The Balaban J connectivity index is 1.50. The number of ether oxygens (including phenoxy) is 2.